The summed E-state index contributed by atoms with van der Waals surface area (Å²) in [6, 6.07) is 8.13. The summed E-state index contributed by atoms with van der Waals surface area (Å²) in [5, 5.41) is 0.674. The number of piperazine rings is 1. The Kier molecular flexibility index (Phi) is 6.47. The summed E-state index contributed by atoms with van der Waals surface area (Å²) >= 11 is 6.13. The highest BCUT2D eigenvalue weighted by molar-refractivity contribution is 6.31. The third-order valence-electron chi connectivity index (χ3n) is 4.38. The number of amides is 1. The van der Waals surface area contributed by atoms with Gasteiger partial charge in [-0.2, -0.15) is 0 Å². The van der Waals surface area contributed by atoms with E-state index in [1.807, 2.05) is 35.2 Å². The summed E-state index contributed by atoms with van der Waals surface area (Å²) in [5.41, 5.74) is 0.913. The average molecular weight is 321 g/mol. The average Bonchev–Trinajstić information content (AvgIpc) is 2.55. The molecule has 1 aromatic rings. The van der Waals surface area contributed by atoms with Crippen molar-refractivity contribution in [2.24, 2.45) is 0 Å². The highest BCUT2D eigenvalue weighted by Gasteiger charge is 2.23. The van der Waals surface area contributed by atoms with Crippen LogP contribution in [0.1, 0.15) is 25.3 Å². The Hall–Kier alpha value is -1.32. The van der Waals surface area contributed by atoms with Crippen LogP contribution in [0.4, 0.5) is 0 Å². The molecule has 120 valence electrons. The number of benzene rings is 1. The molecule has 0 aromatic heterocycles. The normalized spacial score (nSPS) is 17.3. The van der Waals surface area contributed by atoms with Crippen molar-refractivity contribution >= 4 is 17.5 Å². The quantitative estimate of drug-likeness (QED) is 0.750. The number of hydrogen-bond donors (Lipinski definition) is 0. The first kappa shape index (κ1) is 17.0. The van der Waals surface area contributed by atoms with Gasteiger partial charge in [-0.05, 0) is 31.4 Å². The lowest BCUT2D eigenvalue weighted by atomic mass is 10.1. The molecule has 1 aliphatic rings. The van der Waals surface area contributed by atoms with Crippen LogP contribution < -0.4 is 0 Å². The van der Waals surface area contributed by atoms with Gasteiger partial charge in [-0.15, -0.1) is 6.58 Å². The SMILES string of the molecule is C=CCCC(C)N1CCN(C(=O)Cc2ccccc2Cl)CC1. The maximum atomic E-state index is 12.4. The number of halogens is 1. The van der Waals surface area contributed by atoms with E-state index >= 15 is 0 Å². The summed E-state index contributed by atoms with van der Waals surface area (Å²) in [7, 11) is 0. The van der Waals surface area contributed by atoms with Crippen molar-refractivity contribution < 1.29 is 4.79 Å². The maximum absolute atomic E-state index is 12.4. The third kappa shape index (κ3) is 4.59. The maximum Gasteiger partial charge on any atom is 0.227 e. The van der Waals surface area contributed by atoms with Gasteiger partial charge in [-0.1, -0.05) is 35.9 Å². The minimum atomic E-state index is 0.173. The molecule has 1 unspecified atom stereocenters. The van der Waals surface area contributed by atoms with Gasteiger partial charge in [0.25, 0.3) is 0 Å². The zero-order valence-electron chi connectivity index (χ0n) is 13.3. The first-order valence-corrected chi connectivity index (χ1v) is 8.35. The topological polar surface area (TPSA) is 23.6 Å². The highest BCUT2D eigenvalue weighted by atomic mass is 35.5. The number of nitrogens with zero attached hydrogens (tertiary/aromatic N) is 2. The number of hydrogen-bond acceptors (Lipinski definition) is 2. The summed E-state index contributed by atoms with van der Waals surface area (Å²) in [4.78, 5) is 16.8. The second-order valence-electron chi connectivity index (χ2n) is 5.90. The smallest absolute Gasteiger partial charge is 0.227 e. The van der Waals surface area contributed by atoms with E-state index in [0.29, 0.717) is 17.5 Å². The van der Waals surface area contributed by atoms with Crippen LogP contribution in [0.5, 0.6) is 0 Å². The molecule has 4 heteroatoms. The van der Waals surface area contributed by atoms with Crippen molar-refractivity contribution in [3.05, 3.63) is 47.5 Å². The second-order valence-corrected chi connectivity index (χ2v) is 6.31. The largest absolute Gasteiger partial charge is 0.340 e. The van der Waals surface area contributed by atoms with Gasteiger partial charge in [-0.25, -0.2) is 0 Å². The molecule has 1 saturated heterocycles. The van der Waals surface area contributed by atoms with E-state index in [0.717, 1.165) is 44.6 Å². The van der Waals surface area contributed by atoms with Gasteiger partial charge in [0.15, 0.2) is 0 Å². The van der Waals surface area contributed by atoms with Gasteiger partial charge in [0.05, 0.1) is 6.42 Å². The van der Waals surface area contributed by atoms with E-state index in [1.54, 1.807) is 0 Å². The Morgan fingerprint density at radius 3 is 2.64 bits per heavy atom. The molecule has 0 aliphatic carbocycles. The molecule has 1 heterocycles. The van der Waals surface area contributed by atoms with Gasteiger partial charge >= 0.3 is 0 Å². The molecule has 1 fully saturated rings. The Balaban J connectivity index is 1.82. The molecule has 0 spiro atoms. The minimum Gasteiger partial charge on any atom is -0.340 e. The van der Waals surface area contributed by atoms with E-state index < -0.39 is 0 Å². The number of carbonyl (C=O) groups is 1. The van der Waals surface area contributed by atoms with Gasteiger partial charge in [0, 0.05) is 37.2 Å². The fraction of sp³-hybridized carbons (Fsp3) is 0.500. The van der Waals surface area contributed by atoms with E-state index in [2.05, 4.69) is 18.4 Å². The van der Waals surface area contributed by atoms with Crippen LogP contribution in [-0.4, -0.2) is 47.9 Å². The molecule has 22 heavy (non-hydrogen) atoms. The lowest BCUT2D eigenvalue weighted by molar-refractivity contribution is -0.132. The fourth-order valence-corrected chi connectivity index (χ4v) is 3.07. The van der Waals surface area contributed by atoms with Gasteiger partial charge in [-0.3, -0.25) is 9.69 Å². The van der Waals surface area contributed by atoms with Crippen molar-refractivity contribution in [1.29, 1.82) is 0 Å². The molecule has 1 aliphatic heterocycles. The predicted octanol–water partition coefficient (Wildman–Crippen LogP) is 3.38. The predicted molar refractivity (Wildman–Crippen MR) is 92.2 cm³/mol. The number of rotatable bonds is 6. The standard InChI is InChI=1S/C18H25ClN2O/c1-3-4-7-15(2)20-10-12-21(13-11-20)18(22)14-16-8-5-6-9-17(16)19/h3,5-6,8-9,15H,1,4,7,10-14H2,2H3. The zero-order valence-corrected chi connectivity index (χ0v) is 14.1. The summed E-state index contributed by atoms with van der Waals surface area (Å²) in [5.74, 6) is 0.173. The Bertz CT molecular complexity index is 510. The molecule has 1 aromatic carbocycles. The van der Waals surface area contributed by atoms with Crippen LogP contribution in [0, 0.1) is 0 Å². The first-order chi connectivity index (χ1) is 10.6. The second kappa shape index (κ2) is 8.35. The van der Waals surface area contributed by atoms with Crippen LogP contribution in [-0.2, 0) is 11.2 Å². The molecule has 0 N–H and O–H groups in total. The molecule has 1 amide bonds. The van der Waals surface area contributed by atoms with Crippen LogP contribution in [0.15, 0.2) is 36.9 Å². The van der Waals surface area contributed by atoms with E-state index in [1.165, 1.54) is 0 Å². The molecule has 3 nitrogen and oxygen atoms in total. The van der Waals surface area contributed by atoms with E-state index in [9.17, 15) is 4.79 Å². The van der Waals surface area contributed by atoms with Crippen LogP contribution in [0.25, 0.3) is 0 Å². The fourth-order valence-electron chi connectivity index (χ4n) is 2.87. The zero-order chi connectivity index (χ0) is 15.9. The van der Waals surface area contributed by atoms with Gasteiger partial charge < -0.3 is 4.90 Å². The van der Waals surface area contributed by atoms with E-state index in [-0.39, 0.29) is 5.91 Å². The summed E-state index contributed by atoms with van der Waals surface area (Å²) in [6.07, 6.45) is 4.55. The molecule has 0 radical (unpaired) electrons. The van der Waals surface area contributed by atoms with Crippen LogP contribution in [0.3, 0.4) is 0 Å². The van der Waals surface area contributed by atoms with Crippen molar-refractivity contribution in [3.63, 3.8) is 0 Å². The van der Waals surface area contributed by atoms with E-state index in [4.69, 9.17) is 11.6 Å². The third-order valence-corrected chi connectivity index (χ3v) is 4.75. The molecular weight excluding hydrogens is 296 g/mol. The van der Waals surface area contributed by atoms with Crippen molar-refractivity contribution in [1.82, 2.24) is 9.80 Å². The molecule has 0 saturated carbocycles. The van der Waals surface area contributed by atoms with Crippen molar-refractivity contribution in [2.75, 3.05) is 26.2 Å². The highest BCUT2D eigenvalue weighted by Crippen LogP contribution is 2.17. The Morgan fingerprint density at radius 1 is 1.32 bits per heavy atom. The molecule has 1 atom stereocenters. The number of allylic oxidation sites excluding steroid dienone is 1. The van der Waals surface area contributed by atoms with Crippen molar-refractivity contribution in [3.8, 4) is 0 Å². The van der Waals surface area contributed by atoms with Crippen LogP contribution >= 0.6 is 11.6 Å². The lowest BCUT2D eigenvalue weighted by Crippen LogP contribution is -2.51. The van der Waals surface area contributed by atoms with Crippen LogP contribution in [0.2, 0.25) is 5.02 Å². The summed E-state index contributed by atoms with van der Waals surface area (Å²) < 4.78 is 0. The molecule has 2 rings (SSSR count). The van der Waals surface area contributed by atoms with Gasteiger partial charge in [0.1, 0.15) is 0 Å². The Morgan fingerprint density at radius 2 is 2.00 bits per heavy atom. The summed E-state index contributed by atoms with van der Waals surface area (Å²) in [6.45, 7) is 9.55. The van der Waals surface area contributed by atoms with Crippen molar-refractivity contribution in [2.45, 2.75) is 32.2 Å². The lowest BCUT2D eigenvalue weighted by Gasteiger charge is -2.38. The Labute approximate surface area is 138 Å². The minimum absolute atomic E-state index is 0.173. The molecular formula is C18H25ClN2O. The first-order valence-electron chi connectivity index (χ1n) is 7.98. The number of carbonyl (C=O) groups excluding carboxylic acids is 1. The van der Waals surface area contributed by atoms with Gasteiger partial charge in [0.2, 0.25) is 5.91 Å². The molecule has 0 bridgehead atoms. The monoisotopic (exact) mass is 320 g/mol.